The molecule has 3 aromatic rings. The van der Waals surface area contributed by atoms with Crippen molar-refractivity contribution in [1.29, 1.82) is 0 Å². The Kier molecular flexibility index (Phi) is 8.49. The summed E-state index contributed by atoms with van der Waals surface area (Å²) in [5.41, 5.74) is 3.75. The Hall–Kier alpha value is -3.72. The van der Waals surface area contributed by atoms with Gasteiger partial charge in [0.2, 0.25) is 0 Å². The van der Waals surface area contributed by atoms with Crippen LogP contribution in [0.5, 0.6) is 11.5 Å². The Labute approximate surface area is 236 Å². The average molecular weight is 564 g/mol. The normalized spacial score (nSPS) is 15.2. The second-order valence-corrected chi connectivity index (χ2v) is 12.2. The summed E-state index contributed by atoms with van der Waals surface area (Å²) >= 11 is 0. The first kappa shape index (κ1) is 27.8. The molecule has 1 saturated heterocycles. The summed E-state index contributed by atoms with van der Waals surface area (Å²) in [6.07, 6.45) is 3.21. The Balaban J connectivity index is 1.36. The van der Waals surface area contributed by atoms with Gasteiger partial charge >= 0.3 is 0 Å². The van der Waals surface area contributed by atoms with Gasteiger partial charge in [0.1, 0.15) is 12.4 Å². The van der Waals surface area contributed by atoms with Crippen LogP contribution in [-0.4, -0.2) is 65.7 Å². The number of carbonyl (C=O) groups excluding carboxylic acids is 1. The molecular formula is C31H37N3O5S. The third-order valence-electron chi connectivity index (χ3n) is 7.51. The minimum Gasteiger partial charge on any atom is -0.495 e. The van der Waals surface area contributed by atoms with Crippen LogP contribution in [-0.2, 0) is 22.0 Å². The molecule has 1 fully saturated rings. The van der Waals surface area contributed by atoms with Gasteiger partial charge in [-0.15, -0.1) is 0 Å². The first-order valence-corrected chi connectivity index (χ1v) is 15.6. The number of ether oxygens (including phenoxy) is 2. The van der Waals surface area contributed by atoms with Gasteiger partial charge in [0.05, 0.1) is 34.7 Å². The quantitative estimate of drug-likeness (QED) is 0.401. The van der Waals surface area contributed by atoms with Crippen LogP contribution in [0.4, 0.5) is 11.4 Å². The first-order chi connectivity index (χ1) is 19.4. The van der Waals surface area contributed by atoms with Gasteiger partial charge in [-0.05, 0) is 48.2 Å². The van der Waals surface area contributed by atoms with Crippen molar-refractivity contribution in [1.82, 2.24) is 4.90 Å². The maximum atomic E-state index is 13.8. The summed E-state index contributed by atoms with van der Waals surface area (Å²) in [7, 11) is -2.05. The molecule has 0 spiro atoms. The van der Waals surface area contributed by atoms with Gasteiger partial charge in [-0.2, -0.15) is 0 Å². The topological polar surface area (TPSA) is 88.2 Å². The zero-order valence-corrected chi connectivity index (χ0v) is 24.0. The highest BCUT2D eigenvalue weighted by atomic mass is 32.2. The molecule has 9 heteroatoms. The maximum absolute atomic E-state index is 13.8. The standard InChI is InChI=1S/C31H37N3O5S/c1-3-4-7-23-10-12-24(13-11-23)22-40(36,37)25-20-26(30-27(21-25)32-14-19-39-30)31(35)34-17-15-33(16-18-34)28-8-5-6-9-29(28)38-2/h5-6,8-13,20-21,32H,3-4,7,14-19,22H2,1-2H3. The van der Waals surface area contributed by atoms with Crippen LogP contribution in [0.1, 0.15) is 41.3 Å². The molecular weight excluding hydrogens is 526 g/mol. The number of hydrogen-bond donors (Lipinski definition) is 1. The molecule has 8 nitrogen and oxygen atoms in total. The number of aryl methyl sites for hydroxylation is 1. The van der Waals surface area contributed by atoms with E-state index in [0.29, 0.717) is 50.8 Å². The molecule has 5 rings (SSSR count). The largest absolute Gasteiger partial charge is 0.495 e. The van der Waals surface area contributed by atoms with E-state index < -0.39 is 9.84 Å². The van der Waals surface area contributed by atoms with Crippen LogP contribution in [0, 0.1) is 0 Å². The summed E-state index contributed by atoms with van der Waals surface area (Å²) in [4.78, 5) is 17.9. The Morgan fingerprint density at radius 1 is 1.00 bits per heavy atom. The SMILES string of the molecule is CCCCc1ccc(CS(=O)(=O)c2cc3c(c(C(=O)N4CCN(c5ccccc5OC)CC4)c2)OCCN3)cc1. The number of fused-ring (bicyclic) bond motifs is 1. The van der Waals surface area contributed by atoms with Gasteiger partial charge in [-0.3, -0.25) is 4.79 Å². The third-order valence-corrected chi connectivity index (χ3v) is 9.17. The molecule has 2 aliphatic rings. The number of amides is 1. The highest BCUT2D eigenvalue weighted by Crippen LogP contribution is 2.36. The summed E-state index contributed by atoms with van der Waals surface area (Å²) in [6, 6.07) is 18.7. The van der Waals surface area contributed by atoms with Gasteiger partial charge in [0.15, 0.2) is 15.6 Å². The molecule has 2 heterocycles. The van der Waals surface area contributed by atoms with Crippen molar-refractivity contribution in [2.24, 2.45) is 0 Å². The minimum absolute atomic E-state index is 0.121. The summed E-state index contributed by atoms with van der Waals surface area (Å²) in [5, 5.41) is 3.22. The van der Waals surface area contributed by atoms with Crippen molar-refractivity contribution in [2.75, 3.05) is 56.7 Å². The maximum Gasteiger partial charge on any atom is 0.257 e. The zero-order valence-electron chi connectivity index (χ0n) is 23.2. The van der Waals surface area contributed by atoms with Crippen molar-refractivity contribution in [3.05, 3.63) is 77.4 Å². The number of sulfone groups is 1. The molecule has 1 amide bonds. The second-order valence-electron chi connectivity index (χ2n) is 10.3. The molecule has 0 atom stereocenters. The Morgan fingerprint density at radius 3 is 2.45 bits per heavy atom. The fraction of sp³-hybridized carbons (Fsp3) is 0.387. The highest BCUT2D eigenvalue weighted by Gasteiger charge is 2.30. The fourth-order valence-electron chi connectivity index (χ4n) is 5.26. The number of nitrogens with one attached hydrogen (secondary N) is 1. The van der Waals surface area contributed by atoms with Crippen molar-refractivity contribution >= 4 is 27.1 Å². The van der Waals surface area contributed by atoms with Crippen molar-refractivity contribution in [3.8, 4) is 11.5 Å². The molecule has 0 saturated carbocycles. The number of piperazine rings is 1. The zero-order chi connectivity index (χ0) is 28.1. The van der Waals surface area contributed by atoms with Gasteiger partial charge in [-0.25, -0.2) is 8.42 Å². The van der Waals surface area contributed by atoms with Crippen LogP contribution < -0.4 is 19.7 Å². The van der Waals surface area contributed by atoms with Crippen molar-refractivity contribution < 1.29 is 22.7 Å². The number of benzene rings is 3. The molecule has 1 N–H and O–H groups in total. The number of nitrogens with zero attached hydrogens (tertiary/aromatic N) is 2. The Bertz CT molecular complexity index is 1450. The average Bonchev–Trinajstić information content (AvgIpc) is 2.99. The van der Waals surface area contributed by atoms with Crippen LogP contribution in [0.15, 0.2) is 65.6 Å². The van der Waals surface area contributed by atoms with Crippen LogP contribution in [0.2, 0.25) is 0 Å². The van der Waals surface area contributed by atoms with E-state index in [1.165, 1.54) is 11.6 Å². The number of rotatable bonds is 9. The van der Waals surface area contributed by atoms with E-state index in [4.69, 9.17) is 9.47 Å². The van der Waals surface area contributed by atoms with E-state index in [9.17, 15) is 13.2 Å². The lowest BCUT2D eigenvalue weighted by atomic mass is 10.1. The van der Waals surface area contributed by atoms with Crippen LogP contribution in [0.25, 0.3) is 0 Å². The summed E-state index contributed by atoms with van der Waals surface area (Å²) < 4.78 is 38.5. The number of unbranched alkanes of at least 4 members (excludes halogenated alkanes) is 1. The van der Waals surface area contributed by atoms with Gasteiger partial charge < -0.3 is 24.6 Å². The summed E-state index contributed by atoms with van der Waals surface area (Å²) in [5.74, 6) is 0.857. The summed E-state index contributed by atoms with van der Waals surface area (Å²) in [6.45, 7) is 5.38. The highest BCUT2D eigenvalue weighted by molar-refractivity contribution is 7.90. The lowest BCUT2D eigenvalue weighted by Crippen LogP contribution is -2.49. The predicted molar refractivity (Wildman–Crippen MR) is 157 cm³/mol. The fourth-order valence-corrected chi connectivity index (χ4v) is 6.66. The van der Waals surface area contributed by atoms with Gasteiger partial charge in [0, 0.05) is 32.7 Å². The first-order valence-electron chi connectivity index (χ1n) is 13.9. The van der Waals surface area contributed by atoms with Gasteiger partial charge in [-0.1, -0.05) is 49.7 Å². The van der Waals surface area contributed by atoms with Gasteiger partial charge in [0.25, 0.3) is 5.91 Å². The number of para-hydroxylation sites is 2. The number of anilines is 2. The Morgan fingerprint density at radius 2 is 1.73 bits per heavy atom. The van der Waals surface area contributed by atoms with E-state index >= 15 is 0 Å². The lowest BCUT2D eigenvalue weighted by Gasteiger charge is -2.37. The third kappa shape index (κ3) is 6.04. The van der Waals surface area contributed by atoms with E-state index in [2.05, 4.69) is 17.1 Å². The molecule has 0 bridgehead atoms. The molecule has 2 aliphatic heterocycles. The molecule has 0 aliphatic carbocycles. The predicted octanol–water partition coefficient (Wildman–Crippen LogP) is 4.78. The smallest absolute Gasteiger partial charge is 0.257 e. The molecule has 0 aromatic heterocycles. The number of methoxy groups -OCH3 is 1. The molecule has 0 unspecified atom stereocenters. The van der Waals surface area contributed by atoms with E-state index in [1.807, 2.05) is 48.5 Å². The van der Waals surface area contributed by atoms with Crippen molar-refractivity contribution in [2.45, 2.75) is 36.8 Å². The van der Waals surface area contributed by atoms with Crippen molar-refractivity contribution in [3.63, 3.8) is 0 Å². The molecule has 3 aromatic carbocycles. The molecule has 0 radical (unpaired) electrons. The van der Waals surface area contributed by atoms with Crippen LogP contribution in [0.3, 0.4) is 0 Å². The van der Waals surface area contributed by atoms with E-state index in [-0.39, 0.29) is 22.1 Å². The molecule has 40 heavy (non-hydrogen) atoms. The lowest BCUT2D eigenvalue weighted by molar-refractivity contribution is 0.0742. The molecule has 212 valence electrons. The monoisotopic (exact) mass is 563 g/mol. The second kappa shape index (κ2) is 12.2. The van der Waals surface area contributed by atoms with E-state index in [0.717, 1.165) is 36.3 Å². The number of carbonyl (C=O) groups is 1. The number of hydrogen-bond acceptors (Lipinski definition) is 7. The minimum atomic E-state index is -3.70. The van der Waals surface area contributed by atoms with Crippen LogP contribution >= 0.6 is 0 Å². The van der Waals surface area contributed by atoms with E-state index in [1.54, 1.807) is 18.1 Å².